The van der Waals surface area contributed by atoms with Crippen LogP contribution in [-0.4, -0.2) is 27.1 Å². The van der Waals surface area contributed by atoms with Crippen molar-refractivity contribution >= 4 is 17.7 Å². The monoisotopic (exact) mass is 200 g/mol. The van der Waals surface area contributed by atoms with E-state index in [-0.39, 0.29) is 0 Å². The van der Waals surface area contributed by atoms with Gasteiger partial charge in [0.05, 0.1) is 16.6 Å². The Morgan fingerprint density at radius 2 is 2.38 bits per heavy atom. The third-order valence-corrected chi connectivity index (χ3v) is 2.68. The van der Waals surface area contributed by atoms with Crippen molar-refractivity contribution in [2.75, 3.05) is 6.26 Å². The van der Waals surface area contributed by atoms with Gasteiger partial charge in [0.25, 0.3) is 0 Å². The first-order chi connectivity index (χ1) is 6.06. The van der Waals surface area contributed by atoms with Crippen LogP contribution >= 0.6 is 11.8 Å². The molecular formula is C8H12N2O2S. The fourth-order valence-electron chi connectivity index (χ4n) is 1.00. The molecule has 1 rings (SSSR count). The maximum absolute atomic E-state index is 10.7. The molecule has 0 aliphatic carbocycles. The van der Waals surface area contributed by atoms with Gasteiger partial charge in [0.15, 0.2) is 0 Å². The summed E-state index contributed by atoms with van der Waals surface area (Å²) in [7, 11) is 1.81. The topological polar surface area (TPSA) is 55.1 Å². The summed E-state index contributed by atoms with van der Waals surface area (Å²) in [5, 5.41) is 13.8. The van der Waals surface area contributed by atoms with Gasteiger partial charge < -0.3 is 5.11 Å². The van der Waals surface area contributed by atoms with E-state index in [2.05, 4.69) is 5.10 Å². The number of nitrogens with zero attached hydrogens (tertiary/aromatic N) is 2. The van der Waals surface area contributed by atoms with Crippen molar-refractivity contribution in [3.63, 3.8) is 0 Å². The quantitative estimate of drug-likeness (QED) is 0.748. The summed E-state index contributed by atoms with van der Waals surface area (Å²) >= 11 is 1.55. The van der Waals surface area contributed by atoms with Gasteiger partial charge in [-0.15, -0.1) is 11.8 Å². The van der Waals surface area contributed by atoms with E-state index < -0.39 is 11.9 Å². The van der Waals surface area contributed by atoms with Crippen LogP contribution < -0.4 is 0 Å². The molecule has 5 heteroatoms. The van der Waals surface area contributed by atoms with Gasteiger partial charge in [0.2, 0.25) is 0 Å². The Morgan fingerprint density at radius 3 is 2.77 bits per heavy atom. The number of aromatic nitrogens is 2. The largest absolute Gasteiger partial charge is 0.481 e. The van der Waals surface area contributed by atoms with Crippen LogP contribution in [0.2, 0.25) is 0 Å². The first-order valence-electron chi connectivity index (χ1n) is 3.87. The highest BCUT2D eigenvalue weighted by molar-refractivity contribution is 7.98. The minimum absolute atomic E-state index is 0.535. The minimum atomic E-state index is -0.842. The normalized spacial score (nSPS) is 12.8. The zero-order valence-electron chi connectivity index (χ0n) is 7.81. The van der Waals surface area contributed by atoms with Crippen molar-refractivity contribution in [3.05, 3.63) is 11.8 Å². The van der Waals surface area contributed by atoms with Crippen molar-refractivity contribution in [2.45, 2.75) is 17.9 Å². The molecule has 4 nitrogen and oxygen atoms in total. The molecule has 1 N–H and O–H groups in total. The van der Waals surface area contributed by atoms with E-state index in [0.717, 1.165) is 5.03 Å². The molecule has 1 aromatic heterocycles. The molecular weight excluding hydrogens is 188 g/mol. The number of carboxylic acids is 1. The molecule has 0 amide bonds. The van der Waals surface area contributed by atoms with Crippen LogP contribution in [0.4, 0.5) is 0 Å². The van der Waals surface area contributed by atoms with Crippen molar-refractivity contribution in [3.8, 4) is 0 Å². The molecule has 0 saturated heterocycles. The predicted molar refractivity (Wildman–Crippen MR) is 51.0 cm³/mol. The first-order valence-corrected chi connectivity index (χ1v) is 5.09. The van der Waals surface area contributed by atoms with E-state index >= 15 is 0 Å². The number of rotatable bonds is 3. The van der Waals surface area contributed by atoms with Gasteiger partial charge in [0, 0.05) is 7.05 Å². The molecule has 1 aromatic rings. The summed E-state index contributed by atoms with van der Waals surface area (Å²) in [6.45, 7) is 1.63. The molecule has 0 saturated carbocycles. The van der Waals surface area contributed by atoms with Gasteiger partial charge in [-0.3, -0.25) is 9.48 Å². The molecule has 0 aromatic carbocycles. The molecule has 72 valence electrons. The van der Waals surface area contributed by atoms with E-state index in [0.29, 0.717) is 5.69 Å². The number of thioether (sulfide) groups is 1. The van der Waals surface area contributed by atoms with E-state index in [1.54, 1.807) is 23.4 Å². The molecule has 0 spiro atoms. The van der Waals surface area contributed by atoms with Crippen LogP contribution in [0.1, 0.15) is 18.5 Å². The maximum Gasteiger partial charge on any atom is 0.312 e. The van der Waals surface area contributed by atoms with E-state index in [9.17, 15) is 4.79 Å². The lowest BCUT2D eigenvalue weighted by Gasteiger charge is -1.99. The van der Waals surface area contributed by atoms with Crippen molar-refractivity contribution in [2.24, 2.45) is 7.05 Å². The SMILES string of the molecule is CSc1cc(C(C)C(=O)O)nn1C. The Hall–Kier alpha value is -0.970. The van der Waals surface area contributed by atoms with Crippen LogP contribution in [-0.2, 0) is 11.8 Å². The summed E-state index contributed by atoms with van der Waals surface area (Å²) in [5.74, 6) is -1.38. The summed E-state index contributed by atoms with van der Waals surface area (Å²) in [6, 6.07) is 1.81. The van der Waals surface area contributed by atoms with Gasteiger partial charge >= 0.3 is 5.97 Å². The standard InChI is InChI=1S/C8H12N2O2S/c1-5(8(11)12)6-4-7(13-3)10(2)9-6/h4-5H,1-3H3,(H,11,12). The lowest BCUT2D eigenvalue weighted by atomic mass is 10.1. The molecule has 0 radical (unpaired) electrons. The number of aryl methyl sites for hydroxylation is 1. The third-order valence-electron chi connectivity index (χ3n) is 1.88. The highest BCUT2D eigenvalue weighted by atomic mass is 32.2. The second-order valence-electron chi connectivity index (χ2n) is 2.80. The van der Waals surface area contributed by atoms with Crippen molar-refractivity contribution < 1.29 is 9.90 Å². The van der Waals surface area contributed by atoms with Crippen LogP contribution in [0.15, 0.2) is 11.1 Å². The zero-order chi connectivity index (χ0) is 10.0. The zero-order valence-corrected chi connectivity index (χ0v) is 8.63. The molecule has 0 aliphatic rings. The van der Waals surface area contributed by atoms with Crippen LogP contribution in [0.3, 0.4) is 0 Å². The van der Waals surface area contributed by atoms with E-state index in [1.807, 2.05) is 19.4 Å². The fraction of sp³-hybridized carbons (Fsp3) is 0.500. The van der Waals surface area contributed by atoms with Gasteiger partial charge in [-0.25, -0.2) is 0 Å². The summed E-state index contributed by atoms with van der Waals surface area (Å²) in [6.07, 6.45) is 1.94. The average molecular weight is 200 g/mol. The number of aliphatic carboxylic acids is 1. The predicted octanol–water partition coefficient (Wildman–Crippen LogP) is 1.33. The highest BCUT2D eigenvalue weighted by Crippen LogP contribution is 2.20. The summed E-state index contributed by atoms with van der Waals surface area (Å²) in [4.78, 5) is 10.7. The van der Waals surface area contributed by atoms with Gasteiger partial charge in [-0.1, -0.05) is 0 Å². The summed E-state index contributed by atoms with van der Waals surface area (Å²) in [5.41, 5.74) is 0.611. The number of carboxylic acid groups (broad SMARTS) is 1. The molecule has 1 atom stereocenters. The van der Waals surface area contributed by atoms with E-state index in [1.165, 1.54) is 0 Å². The van der Waals surface area contributed by atoms with Gasteiger partial charge in [-0.2, -0.15) is 5.10 Å². The Balaban J connectivity index is 2.96. The average Bonchev–Trinajstić information content (AvgIpc) is 2.45. The smallest absolute Gasteiger partial charge is 0.312 e. The lowest BCUT2D eigenvalue weighted by molar-refractivity contribution is -0.138. The molecule has 13 heavy (non-hydrogen) atoms. The third kappa shape index (κ3) is 2.03. The number of carbonyl (C=O) groups is 1. The number of hydrogen-bond donors (Lipinski definition) is 1. The second-order valence-corrected chi connectivity index (χ2v) is 3.62. The Morgan fingerprint density at radius 1 is 1.77 bits per heavy atom. The molecule has 1 unspecified atom stereocenters. The van der Waals surface area contributed by atoms with Crippen LogP contribution in [0.5, 0.6) is 0 Å². The Bertz CT molecular complexity index is 322. The molecule has 0 fully saturated rings. The highest BCUT2D eigenvalue weighted by Gasteiger charge is 2.17. The van der Waals surface area contributed by atoms with Gasteiger partial charge in [-0.05, 0) is 19.2 Å². The molecule has 0 aliphatic heterocycles. The van der Waals surface area contributed by atoms with Crippen LogP contribution in [0, 0.1) is 0 Å². The fourth-order valence-corrected chi connectivity index (χ4v) is 1.54. The lowest BCUT2D eigenvalue weighted by Crippen LogP contribution is -2.08. The summed E-state index contributed by atoms with van der Waals surface area (Å²) < 4.78 is 1.69. The first kappa shape index (κ1) is 10.1. The van der Waals surface area contributed by atoms with Crippen LogP contribution in [0.25, 0.3) is 0 Å². The van der Waals surface area contributed by atoms with Crippen molar-refractivity contribution in [1.82, 2.24) is 9.78 Å². The second kappa shape index (κ2) is 3.83. The Kier molecular flexibility index (Phi) is 2.98. The van der Waals surface area contributed by atoms with Crippen molar-refractivity contribution in [1.29, 1.82) is 0 Å². The van der Waals surface area contributed by atoms with Gasteiger partial charge in [0.1, 0.15) is 0 Å². The van der Waals surface area contributed by atoms with E-state index in [4.69, 9.17) is 5.11 Å². The molecule has 0 bridgehead atoms. The maximum atomic E-state index is 10.7. The Labute approximate surface area is 80.9 Å². The molecule has 1 heterocycles. The minimum Gasteiger partial charge on any atom is -0.481 e. The number of hydrogen-bond acceptors (Lipinski definition) is 3.